The summed E-state index contributed by atoms with van der Waals surface area (Å²) in [5, 5.41) is 8.57. The molecule has 20 heavy (non-hydrogen) atoms. The first-order valence-corrected chi connectivity index (χ1v) is 8.80. The van der Waals surface area contributed by atoms with Gasteiger partial charge in [-0.05, 0) is 61.8 Å². The van der Waals surface area contributed by atoms with Gasteiger partial charge in [-0.25, -0.2) is 13.6 Å². The zero-order valence-electron chi connectivity index (χ0n) is 12.2. The number of hydrogen-bond donors (Lipinski definition) is 2. The average molecular weight is 296 g/mol. The Morgan fingerprint density at radius 2 is 1.65 bits per heavy atom. The molecule has 2 rings (SSSR count). The first-order valence-electron chi connectivity index (χ1n) is 7.25. The lowest BCUT2D eigenvalue weighted by Crippen LogP contribution is -2.27. The molecule has 5 heteroatoms. The third-order valence-corrected chi connectivity index (χ3v) is 5.20. The van der Waals surface area contributed by atoms with Gasteiger partial charge in [0.05, 0.1) is 4.90 Å². The molecule has 0 amide bonds. The third-order valence-electron chi connectivity index (χ3n) is 4.27. The smallest absolute Gasteiger partial charge is 0.238 e. The van der Waals surface area contributed by atoms with Crippen molar-refractivity contribution in [1.82, 2.24) is 0 Å². The molecule has 0 unspecified atom stereocenters. The maximum absolute atomic E-state index is 11.2. The third kappa shape index (κ3) is 3.96. The van der Waals surface area contributed by atoms with E-state index in [1.807, 2.05) is 0 Å². The summed E-state index contributed by atoms with van der Waals surface area (Å²) in [5.41, 5.74) is 0.963. The number of rotatable bonds is 4. The molecule has 0 bridgehead atoms. The van der Waals surface area contributed by atoms with E-state index in [0.29, 0.717) is 6.04 Å². The Kier molecular flexibility index (Phi) is 4.70. The minimum Gasteiger partial charge on any atom is -0.382 e. The van der Waals surface area contributed by atoms with E-state index in [9.17, 15) is 8.42 Å². The monoisotopic (exact) mass is 296 g/mol. The van der Waals surface area contributed by atoms with Crippen LogP contribution in [0.2, 0.25) is 0 Å². The summed E-state index contributed by atoms with van der Waals surface area (Å²) in [7, 11) is -3.60. The van der Waals surface area contributed by atoms with Crippen LogP contribution in [0.25, 0.3) is 0 Å². The van der Waals surface area contributed by atoms with Crippen LogP contribution in [0.4, 0.5) is 5.69 Å². The van der Waals surface area contributed by atoms with Crippen LogP contribution in [0.5, 0.6) is 0 Å². The van der Waals surface area contributed by atoms with Crippen LogP contribution < -0.4 is 10.5 Å². The molecule has 0 aromatic heterocycles. The highest BCUT2D eigenvalue weighted by atomic mass is 32.2. The van der Waals surface area contributed by atoms with E-state index in [4.69, 9.17) is 5.14 Å². The summed E-state index contributed by atoms with van der Waals surface area (Å²) in [6.07, 6.45) is 4.90. The summed E-state index contributed by atoms with van der Waals surface area (Å²) in [4.78, 5) is 0.159. The standard InChI is InChI=1S/C15H24N2O2S/c1-11(2)12-3-5-13(6-4-12)17-14-7-9-15(10-8-14)20(16,18)19/h7-13,17H,3-6H2,1-2H3,(H2,16,18,19). The van der Waals surface area contributed by atoms with Crippen LogP contribution in [0.1, 0.15) is 39.5 Å². The predicted molar refractivity (Wildman–Crippen MR) is 82.0 cm³/mol. The van der Waals surface area contributed by atoms with E-state index >= 15 is 0 Å². The van der Waals surface area contributed by atoms with Crippen molar-refractivity contribution in [3.05, 3.63) is 24.3 Å². The van der Waals surface area contributed by atoms with E-state index < -0.39 is 10.0 Å². The fraction of sp³-hybridized carbons (Fsp3) is 0.600. The lowest BCUT2D eigenvalue weighted by atomic mass is 9.79. The SMILES string of the molecule is CC(C)C1CCC(Nc2ccc(S(N)(=O)=O)cc2)CC1. The van der Waals surface area contributed by atoms with Gasteiger partial charge in [-0.3, -0.25) is 0 Å². The number of sulfonamides is 1. The molecular formula is C15H24N2O2S. The van der Waals surface area contributed by atoms with Crippen LogP contribution in [-0.4, -0.2) is 14.5 Å². The predicted octanol–water partition coefficient (Wildman–Crippen LogP) is 2.96. The lowest BCUT2D eigenvalue weighted by molar-refractivity contribution is 0.267. The van der Waals surface area contributed by atoms with E-state index in [-0.39, 0.29) is 4.90 Å². The lowest BCUT2D eigenvalue weighted by Gasteiger charge is -2.31. The molecule has 0 heterocycles. The van der Waals surface area contributed by atoms with Crippen LogP contribution in [0.3, 0.4) is 0 Å². The number of nitrogens with one attached hydrogen (secondary N) is 1. The van der Waals surface area contributed by atoms with Crippen molar-refractivity contribution >= 4 is 15.7 Å². The van der Waals surface area contributed by atoms with E-state index in [1.165, 1.54) is 25.7 Å². The molecule has 112 valence electrons. The van der Waals surface area contributed by atoms with Gasteiger partial charge < -0.3 is 5.32 Å². The molecule has 1 aliphatic carbocycles. The second-order valence-electron chi connectivity index (χ2n) is 6.07. The fourth-order valence-electron chi connectivity index (χ4n) is 2.91. The van der Waals surface area contributed by atoms with Crippen LogP contribution in [-0.2, 0) is 10.0 Å². The maximum atomic E-state index is 11.2. The highest BCUT2D eigenvalue weighted by Gasteiger charge is 2.23. The molecule has 0 spiro atoms. The molecule has 1 aromatic carbocycles. The quantitative estimate of drug-likeness (QED) is 0.897. The van der Waals surface area contributed by atoms with Gasteiger partial charge in [0, 0.05) is 11.7 Å². The van der Waals surface area contributed by atoms with E-state index in [0.717, 1.165) is 17.5 Å². The summed E-state index contributed by atoms with van der Waals surface area (Å²) < 4.78 is 22.4. The summed E-state index contributed by atoms with van der Waals surface area (Å²) >= 11 is 0. The molecule has 0 atom stereocenters. The van der Waals surface area contributed by atoms with Gasteiger partial charge in [0.2, 0.25) is 10.0 Å². The minimum atomic E-state index is -3.60. The second kappa shape index (κ2) is 6.14. The van der Waals surface area contributed by atoms with Gasteiger partial charge in [-0.2, -0.15) is 0 Å². The molecular weight excluding hydrogens is 272 g/mol. The van der Waals surface area contributed by atoms with Crippen molar-refractivity contribution in [2.24, 2.45) is 17.0 Å². The number of primary sulfonamides is 1. The van der Waals surface area contributed by atoms with Gasteiger partial charge in [-0.15, -0.1) is 0 Å². The Morgan fingerprint density at radius 1 is 1.10 bits per heavy atom. The van der Waals surface area contributed by atoms with Crippen LogP contribution in [0, 0.1) is 11.8 Å². The van der Waals surface area contributed by atoms with E-state index in [2.05, 4.69) is 19.2 Å². The fourth-order valence-corrected chi connectivity index (χ4v) is 3.42. The average Bonchev–Trinajstić information content (AvgIpc) is 2.39. The summed E-state index contributed by atoms with van der Waals surface area (Å²) in [5.74, 6) is 1.61. The first-order chi connectivity index (χ1) is 9.36. The molecule has 4 nitrogen and oxygen atoms in total. The zero-order chi connectivity index (χ0) is 14.8. The first kappa shape index (κ1) is 15.3. The van der Waals surface area contributed by atoms with Crippen molar-refractivity contribution < 1.29 is 8.42 Å². The van der Waals surface area contributed by atoms with Crippen molar-refractivity contribution in [2.45, 2.75) is 50.5 Å². The molecule has 0 aliphatic heterocycles. The largest absolute Gasteiger partial charge is 0.382 e. The molecule has 1 aliphatic rings. The van der Waals surface area contributed by atoms with Crippen molar-refractivity contribution in [3.8, 4) is 0 Å². The van der Waals surface area contributed by atoms with Crippen LogP contribution in [0.15, 0.2) is 29.2 Å². The second-order valence-corrected chi connectivity index (χ2v) is 7.63. The highest BCUT2D eigenvalue weighted by Crippen LogP contribution is 2.31. The number of benzene rings is 1. The molecule has 1 saturated carbocycles. The van der Waals surface area contributed by atoms with Gasteiger partial charge in [-0.1, -0.05) is 13.8 Å². The normalized spacial score (nSPS) is 23.8. The molecule has 0 radical (unpaired) electrons. The van der Waals surface area contributed by atoms with Gasteiger partial charge in [0.25, 0.3) is 0 Å². The number of hydrogen-bond acceptors (Lipinski definition) is 3. The summed E-state index contributed by atoms with van der Waals surface area (Å²) in [6.45, 7) is 4.59. The van der Waals surface area contributed by atoms with E-state index in [1.54, 1.807) is 24.3 Å². The Morgan fingerprint density at radius 3 is 2.10 bits per heavy atom. The topological polar surface area (TPSA) is 72.2 Å². The van der Waals surface area contributed by atoms with Crippen molar-refractivity contribution in [1.29, 1.82) is 0 Å². The molecule has 1 fully saturated rings. The molecule has 1 aromatic rings. The van der Waals surface area contributed by atoms with Crippen molar-refractivity contribution in [2.75, 3.05) is 5.32 Å². The van der Waals surface area contributed by atoms with Gasteiger partial charge in [0.15, 0.2) is 0 Å². The Labute approximate surface area is 121 Å². The Hall–Kier alpha value is -1.07. The minimum absolute atomic E-state index is 0.159. The number of anilines is 1. The highest BCUT2D eigenvalue weighted by molar-refractivity contribution is 7.89. The summed E-state index contributed by atoms with van der Waals surface area (Å²) in [6, 6.07) is 7.17. The Bertz CT molecular complexity index is 529. The molecule has 3 N–H and O–H groups in total. The molecule has 0 saturated heterocycles. The maximum Gasteiger partial charge on any atom is 0.238 e. The number of nitrogens with two attached hydrogens (primary N) is 1. The van der Waals surface area contributed by atoms with Crippen LogP contribution >= 0.6 is 0 Å². The van der Waals surface area contributed by atoms with Crippen molar-refractivity contribution in [3.63, 3.8) is 0 Å². The zero-order valence-corrected chi connectivity index (χ0v) is 13.0. The van der Waals surface area contributed by atoms with Gasteiger partial charge in [0.1, 0.15) is 0 Å². The van der Waals surface area contributed by atoms with Gasteiger partial charge >= 0.3 is 0 Å². The Balaban J connectivity index is 1.92.